The number of halogens is 1. The van der Waals surface area contributed by atoms with Crippen molar-refractivity contribution in [3.63, 3.8) is 0 Å². The number of thiazole rings is 1. The molecule has 124 valence electrons. The molecule has 6 heteroatoms. The molecule has 1 aliphatic rings. The number of carbonyl (C=O) groups excluding carboxylic acids is 1. The molecule has 3 rings (SSSR count). The van der Waals surface area contributed by atoms with Crippen molar-refractivity contribution in [3.8, 4) is 0 Å². The molecule has 1 aliphatic heterocycles. The van der Waals surface area contributed by atoms with Gasteiger partial charge in [-0.1, -0.05) is 30.3 Å². The third-order valence-corrected chi connectivity index (χ3v) is 5.09. The van der Waals surface area contributed by atoms with Gasteiger partial charge in [0, 0.05) is 24.9 Å². The zero-order valence-electron chi connectivity index (χ0n) is 13.0. The van der Waals surface area contributed by atoms with Crippen LogP contribution >= 0.6 is 23.7 Å². The lowest BCUT2D eigenvalue weighted by Crippen LogP contribution is -2.38. The molecule has 0 atom stereocenters. The minimum Gasteiger partial charge on any atom is -0.337 e. The van der Waals surface area contributed by atoms with Gasteiger partial charge in [-0.2, -0.15) is 0 Å². The Bertz CT molecular complexity index is 624. The lowest BCUT2D eigenvalue weighted by atomic mass is 9.89. The SMILES string of the molecule is Cl.NCCc1nc(C(=O)N2CCC(c3ccccc3)CC2)cs1. The van der Waals surface area contributed by atoms with Gasteiger partial charge < -0.3 is 10.6 Å². The summed E-state index contributed by atoms with van der Waals surface area (Å²) < 4.78 is 0. The molecule has 1 aromatic heterocycles. The summed E-state index contributed by atoms with van der Waals surface area (Å²) in [5.41, 5.74) is 7.49. The monoisotopic (exact) mass is 351 g/mol. The highest BCUT2D eigenvalue weighted by Gasteiger charge is 2.25. The average Bonchev–Trinajstić information content (AvgIpc) is 3.04. The van der Waals surface area contributed by atoms with Crippen LogP contribution in [-0.4, -0.2) is 35.4 Å². The molecule has 0 spiro atoms. The maximum Gasteiger partial charge on any atom is 0.273 e. The lowest BCUT2D eigenvalue weighted by molar-refractivity contribution is 0.0707. The molecule has 0 bridgehead atoms. The predicted molar refractivity (Wildman–Crippen MR) is 96.4 cm³/mol. The molecular weight excluding hydrogens is 330 g/mol. The number of amides is 1. The highest BCUT2D eigenvalue weighted by molar-refractivity contribution is 7.09. The van der Waals surface area contributed by atoms with Crippen molar-refractivity contribution in [2.24, 2.45) is 5.73 Å². The van der Waals surface area contributed by atoms with E-state index < -0.39 is 0 Å². The van der Waals surface area contributed by atoms with E-state index in [1.54, 1.807) is 0 Å². The van der Waals surface area contributed by atoms with Gasteiger partial charge in [-0.3, -0.25) is 4.79 Å². The molecule has 4 nitrogen and oxygen atoms in total. The summed E-state index contributed by atoms with van der Waals surface area (Å²) in [6, 6.07) is 10.6. The van der Waals surface area contributed by atoms with Crippen LogP contribution < -0.4 is 5.73 Å². The van der Waals surface area contributed by atoms with E-state index in [1.807, 2.05) is 16.3 Å². The van der Waals surface area contributed by atoms with E-state index in [-0.39, 0.29) is 18.3 Å². The van der Waals surface area contributed by atoms with Crippen molar-refractivity contribution in [1.82, 2.24) is 9.88 Å². The first-order valence-electron chi connectivity index (χ1n) is 7.76. The van der Waals surface area contributed by atoms with Crippen molar-refractivity contribution in [1.29, 1.82) is 0 Å². The fraction of sp³-hybridized carbons (Fsp3) is 0.412. The van der Waals surface area contributed by atoms with Gasteiger partial charge in [-0.05, 0) is 30.9 Å². The number of hydrogen-bond donors (Lipinski definition) is 1. The highest BCUT2D eigenvalue weighted by atomic mass is 35.5. The molecular formula is C17H22ClN3OS. The Labute approximate surface area is 147 Å². The maximum absolute atomic E-state index is 12.5. The third kappa shape index (κ3) is 4.31. The Morgan fingerprint density at radius 3 is 2.61 bits per heavy atom. The number of piperidine rings is 1. The van der Waals surface area contributed by atoms with E-state index in [2.05, 4.69) is 29.2 Å². The number of aromatic nitrogens is 1. The fourth-order valence-corrected chi connectivity index (χ4v) is 3.74. The third-order valence-electron chi connectivity index (χ3n) is 4.18. The smallest absolute Gasteiger partial charge is 0.273 e. The van der Waals surface area contributed by atoms with Gasteiger partial charge in [0.15, 0.2) is 0 Å². The first kappa shape index (κ1) is 17.9. The quantitative estimate of drug-likeness (QED) is 0.920. The van der Waals surface area contributed by atoms with Crippen molar-refractivity contribution >= 4 is 29.7 Å². The first-order chi connectivity index (χ1) is 10.8. The van der Waals surface area contributed by atoms with Crippen LogP contribution in [-0.2, 0) is 6.42 Å². The molecule has 1 aromatic carbocycles. The van der Waals surface area contributed by atoms with Crippen LogP contribution in [0.25, 0.3) is 0 Å². The van der Waals surface area contributed by atoms with E-state index in [9.17, 15) is 4.79 Å². The molecule has 2 N–H and O–H groups in total. The van der Waals surface area contributed by atoms with Crippen molar-refractivity contribution in [3.05, 3.63) is 52.0 Å². The second-order valence-corrected chi connectivity index (χ2v) is 6.58. The molecule has 0 saturated carbocycles. The minimum atomic E-state index is 0. The van der Waals surface area contributed by atoms with Crippen LogP contribution in [0.1, 0.15) is 39.8 Å². The predicted octanol–water partition coefficient (Wildman–Crippen LogP) is 3.09. The molecule has 0 unspecified atom stereocenters. The van der Waals surface area contributed by atoms with Crippen LogP contribution in [0.15, 0.2) is 35.7 Å². The van der Waals surface area contributed by atoms with Crippen LogP contribution in [0.3, 0.4) is 0 Å². The fourth-order valence-electron chi connectivity index (χ4n) is 2.95. The van der Waals surface area contributed by atoms with Gasteiger partial charge in [0.25, 0.3) is 5.91 Å². The van der Waals surface area contributed by atoms with Gasteiger partial charge in [0.1, 0.15) is 5.69 Å². The second-order valence-electron chi connectivity index (χ2n) is 5.64. The molecule has 0 radical (unpaired) electrons. The van der Waals surface area contributed by atoms with Crippen molar-refractivity contribution < 1.29 is 4.79 Å². The van der Waals surface area contributed by atoms with Gasteiger partial charge in [0.2, 0.25) is 0 Å². The number of likely N-dealkylation sites (tertiary alicyclic amines) is 1. The van der Waals surface area contributed by atoms with E-state index in [0.717, 1.165) is 37.4 Å². The molecule has 23 heavy (non-hydrogen) atoms. The summed E-state index contributed by atoms with van der Waals surface area (Å²) in [5.74, 6) is 0.625. The van der Waals surface area contributed by atoms with E-state index >= 15 is 0 Å². The summed E-state index contributed by atoms with van der Waals surface area (Å²) in [5, 5.41) is 2.81. The highest BCUT2D eigenvalue weighted by Crippen LogP contribution is 2.28. The zero-order chi connectivity index (χ0) is 15.4. The van der Waals surface area contributed by atoms with E-state index in [1.165, 1.54) is 16.9 Å². The number of carbonyl (C=O) groups is 1. The van der Waals surface area contributed by atoms with Gasteiger partial charge in [-0.15, -0.1) is 23.7 Å². The molecule has 0 aliphatic carbocycles. The van der Waals surface area contributed by atoms with Crippen LogP contribution in [0, 0.1) is 0 Å². The Hall–Kier alpha value is -1.43. The molecule has 1 amide bonds. The number of rotatable bonds is 4. The molecule has 1 saturated heterocycles. The van der Waals surface area contributed by atoms with Crippen LogP contribution in [0.5, 0.6) is 0 Å². The topological polar surface area (TPSA) is 59.2 Å². The number of hydrogen-bond acceptors (Lipinski definition) is 4. The van der Waals surface area contributed by atoms with Crippen molar-refractivity contribution in [2.75, 3.05) is 19.6 Å². The Morgan fingerprint density at radius 2 is 1.96 bits per heavy atom. The van der Waals surface area contributed by atoms with Gasteiger partial charge in [-0.25, -0.2) is 4.98 Å². The number of benzene rings is 1. The maximum atomic E-state index is 12.5. The minimum absolute atomic E-state index is 0. The van der Waals surface area contributed by atoms with Crippen LogP contribution in [0.4, 0.5) is 0 Å². The summed E-state index contributed by atoms with van der Waals surface area (Å²) in [4.78, 5) is 18.8. The Kier molecular flexibility index (Phi) is 6.57. The normalized spacial score (nSPS) is 15.3. The summed E-state index contributed by atoms with van der Waals surface area (Å²) in [7, 11) is 0. The van der Waals surface area contributed by atoms with E-state index in [0.29, 0.717) is 18.2 Å². The number of nitrogens with two attached hydrogens (primary N) is 1. The summed E-state index contributed by atoms with van der Waals surface area (Å²) >= 11 is 1.53. The summed E-state index contributed by atoms with van der Waals surface area (Å²) in [6.07, 6.45) is 2.79. The van der Waals surface area contributed by atoms with E-state index in [4.69, 9.17) is 5.73 Å². The van der Waals surface area contributed by atoms with Gasteiger partial charge >= 0.3 is 0 Å². The molecule has 2 heterocycles. The Balaban J connectivity index is 0.00000192. The second kappa shape index (κ2) is 8.43. The van der Waals surface area contributed by atoms with Crippen LogP contribution in [0.2, 0.25) is 0 Å². The lowest BCUT2D eigenvalue weighted by Gasteiger charge is -2.31. The van der Waals surface area contributed by atoms with Crippen molar-refractivity contribution in [2.45, 2.75) is 25.2 Å². The summed E-state index contributed by atoms with van der Waals surface area (Å²) in [6.45, 7) is 2.19. The largest absolute Gasteiger partial charge is 0.337 e. The molecule has 2 aromatic rings. The standard InChI is InChI=1S/C17H21N3OS.ClH/c18-9-6-16-19-15(12-22-16)17(21)20-10-7-14(8-11-20)13-4-2-1-3-5-13;/h1-5,12,14H,6-11,18H2;1H. The molecule has 1 fully saturated rings. The first-order valence-corrected chi connectivity index (χ1v) is 8.64. The Morgan fingerprint density at radius 1 is 1.26 bits per heavy atom. The van der Waals surface area contributed by atoms with Gasteiger partial charge in [0.05, 0.1) is 5.01 Å². The average molecular weight is 352 g/mol. The number of nitrogens with zero attached hydrogens (tertiary/aromatic N) is 2. The zero-order valence-corrected chi connectivity index (χ0v) is 14.6.